The first kappa shape index (κ1) is 20.5. The van der Waals surface area contributed by atoms with Crippen molar-refractivity contribution in [2.45, 2.75) is 44.7 Å². The Morgan fingerprint density at radius 1 is 1.29 bits per heavy atom. The molecule has 2 heterocycles. The minimum atomic E-state index is -3.21. The first-order valence-corrected chi connectivity index (χ1v) is 11.3. The van der Waals surface area contributed by atoms with Crippen molar-refractivity contribution in [1.82, 2.24) is 15.6 Å². The van der Waals surface area contributed by atoms with Gasteiger partial charge in [-0.05, 0) is 48.2 Å². The topological polar surface area (TPSA) is 88.2 Å². The first-order chi connectivity index (χ1) is 13.3. The number of amides is 1. The second kappa shape index (κ2) is 8.41. The van der Waals surface area contributed by atoms with Crippen LogP contribution in [0.25, 0.3) is 0 Å². The third-order valence-corrected chi connectivity index (χ3v) is 6.85. The Balaban J connectivity index is 1.67. The minimum absolute atomic E-state index is 0.0710. The number of aromatic nitrogens is 1. The number of nitrogens with zero attached hydrogens (tertiary/aromatic N) is 1. The number of sulfone groups is 1. The molecule has 0 spiro atoms. The van der Waals surface area contributed by atoms with Gasteiger partial charge in [-0.1, -0.05) is 32.9 Å². The van der Waals surface area contributed by atoms with Crippen LogP contribution in [0.4, 0.5) is 0 Å². The Morgan fingerprint density at radius 3 is 2.64 bits per heavy atom. The van der Waals surface area contributed by atoms with Crippen LogP contribution >= 0.6 is 0 Å². The van der Waals surface area contributed by atoms with Crippen molar-refractivity contribution in [2.75, 3.05) is 12.3 Å². The lowest BCUT2D eigenvalue weighted by molar-refractivity contribution is 0.0950. The van der Waals surface area contributed by atoms with Gasteiger partial charge in [0, 0.05) is 12.7 Å². The highest BCUT2D eigenvalue weighted by molar-refractivity contribution is 7.91. The fourth-order valence-corrected chi connectivity index (χ4v) is 4.29. The van der Waals surface area contributed by atoms with Gasteiger partial charge < -0.3 is 10.6 Å². The molecule has 6 nitrogen and oxygen atoms in total. The summed E-state index contributed by atoms with van der Waals surface area (Å²) in [5.74, 6) is 0.326. The molecule has 2 N–H and O–H groups in total. The van der Waals surface area contributed by atoms with E-state index in [9.17, 15) is 13.2 Å². The number of nitrogens with one attached hydrogen (secondary N) is 2. The van der Waals surface area contributed by atoms with E-state index in [1.54, 1.807) is 37.4 Å². The highest BCUT2D eigenvalue weighted by Gasteiger charge is 2.24. The zero-order chi connectivity index (χ0) is 20.3. The molecule has 2 aromatic rings. The van der Waals surface area contributed by atoms with Crippen molar-refractivity contribution < 1.29 is 13.2 Å². The molecule has 1 aliphatic rings. The SMILES string of the molecule is CCS(=O)(=O)c1ccc(CNC(=O)c2cnc3c(c2)CCN[C@@H]3C(C)C)cc1. The molecule has 3 rings (SSSR count). The molecule has 1 atom stereocenters. The summed E-state index contributed by atoms with van der Waals surface area (Å²) in [5, 5.41) is 6.37. The van der Waals surface area contributed by atoms with E-state index >= 15 is 0 Å². The average molecular weight is 402 g/mol. The molecule has 0 fully saturated rings. The van der Waals surface area contributed by atoms with Gasteiger partial charge in [-0.25, -0.2) is 8.42 Å². The largest absolute Gasteiger partial charge is 0.348 e. The van der Waals surface area contributed by atoms with Crippen LogP contribution in [0.15, 0.2) is 41.4 Å². The molecule has 0 unspecified atom stereocenters. The minimum Gasteiger partial charge on any atom is -0.348 e. The lowest BCUT2D eigenvalue weighted by Gasteiger charge is -2.29. The summed E-state index contributed by atoms with van der Waals surface area (Å²) in [5.41, 5.74) is 3.55. The van der Waals surface area contributed by atoms with Crippen LogP contribution in [0, 0.1) is 5.92 Å². The van der Waals surface area contributed by atoms with Gasteiger partial charge in [0.25, 0.3) is 5.91 Å². The summed E-state index contributed by atoms with van der Waals surface area (Å²) >= 11 is 0. The van der Waals surface area contributed by atoms with Crippen molar-refractivity contribution in [3.63, 3.8) is 0 Å². The molecule has 1 aromatic heterocycles. The van der Waals surface area contributed by atoms with Crippen molar-refractivity contribution in [3.05, 3.63) is 58.9 Å². The zero-order valence-corrected chi connectivity index (χ0v) is 17.3. The summed E-state index contributed by atoms with van der Waals surface area (Å²) < 4.78 is 23.7. The van der Waals surface area contributed by atoms with E-state index in [2.05, 4.69) is 29.5 Å². The number of carbonyl (C=O) groups excluding carboxylic acids is 1. The van der Waals surface area contributed by atoms with Crippen LogP contribution in [-0.4, -0.2) is 31.6 Å². The Bertz CT molecular complexity index is 953. The molecular weight excluding hydrogens is 374 g/mol. The summed E-state index contributed by atoms with van der Waals surface area (Å²) in [4.78, 5) is 17.4. The predicted molar refractivity (Wildman–Crippen MR) is 109 cm³/mol. The van der Waals surface area contributed by atoms with Crippen molar-refractivity contribution in [1.29, 1.82) is 0 Å². The van der Waals surface area contributed by atoms with Gasteiger partial charge in [0.1, 0.15) is 0 Å². The molecule has 0 bridgehead atoms. The predicted octanol–water partition coefficient (Wildman–Crippen LogP) is 2.65. The summed E-state index contributed by atoms with van der Waals surface area (Å²) in [6.07, 6.45) is 2.49. The van der Waals surface area contributed by atoms with Gasteiger partial charge in [-0.3, -0.25) is 9.78 Å². The molecule has 0 saturated heterocycles. The highest BCUT2D eigenvalue weighted by atomic mass is 32.2. The first-order valence-electron chi connectivity index (χ1n) is 9.64. The molecule has 0 saturated carbocycles. The van der Waals surface area contributed by atoms with E-state index in [1.165, 1.54) is 0 Å². The standard InChI is InChI=1S/C21H27N3O3S/c1-4-28(26,27)18-7-5-15(6-8-18)12-24-21(25)17-11-16-9-10-22-19(14(2)3)20(16)23-13-17/h5-8,11,13-14,19,22H,4,9-10,12H2,1-3H3,(H,24,25)/t19-/m1/s1. The highest BCUT2D eigenvalue weighted by Crippen LogP contribution is 2.27. The summed E-state index contributed by atoms with van der Waals surface area (Å²) in [7, 11) is -3.21. The maximum atomic E-state index is 12.5. The Hall–Kier alpha value is -2.25. The Morgan fingerprint density at radius 2 is 2.00 bits per heavy atom. The second-order valence-corrected chi connectivity index (χ2v) is 9.70. The number of carbonyl (C=O) groups is 1. The van der Waals surface area contributed by atoms with Gasteiger partial charge in [0.2, 0.25) is 0 Å². The quantitative estimate of drug-likeness (QED) is 0.777. The van der Waals surface area contributed by atoms with E-state index in [4.69, 9.17) is 0 Å². The molecule has 1 aliphatic heterocycles. The monoisotopic (exact) mass is 401 g/mol. The molecule has 28 heavy (non-hydrogen) atoms. The van der Waals surface area contributed by atoms with E-state index in [0.29, 0.717) is 22.9 Å². The van der Waals surface area contributed by atoms with Crippen molar-refractivity contribution in [3.8, 4) is 0 Å². The van der Waals surface area contributed by atoms with E-state index in [-0.39, 0.29) is 17.7 Å². The van der Waals surface area contributed by atoms with Crippen LogP contribution in [0.3, 0.4) is 0 Å². The van der Waals surface area contributed by atoms with Crippen molar-refractivity contribution in [2.24, 2.45) is 5.92 Å². The van der Waals surface area contributed by atoms with Gasteiger partial charge in [0.05, 0.1) is 27.9 Å². The molecule has 150 valence electrons. The van der Waals surface area contributed by atoms with E-state index in [0.717, 1.165) is 29.8 Å². The van der Waals surface area contributed by atoms with E-state index in [1.807, 2.05) is 6.07 Å². The number of benzene rings is 1. The molecular formula is C21H27N3O3S. The fraction of sp³-hybridized carbons (Fsp3) is 0.429. The van der Waals surface area contributed by atoms with Crippen LogP contribution in [0.5, 0.6) is 0 Å². The smallest absolute Gasteiger partial charge is 0.253 e. The van der Waals surface area contributed by atoms with Crippen molar-refractivity contribution >= 4 is 15.7 Å². The lowest BCUT2D eigenvalue weighted by atomic mass is 9.91. The summed E-state index contributed by atoms with van der Waals surface area (Å²) in [6, 6.07) is 8.78. The number of hydrogen-bond donors (Lipinski definition) is 2. The normalized spacial score (nSPS) is 16.6. The second-order valence-electron chi connectivity index (χ2n) is 7.42. The van der Waals surface area contributed by atoms with Crippen LogP contribution in [0.2, 0.25) is 0 Å². The third kappa shape index (κ3) is 4.42. The fourth-order valence-electron chi connectivity index (χ4n) is 3.40. The summed E-state index contributed by atoms with van der Waals surface area (Å²) in [6.45, 7) is 7.15. The van der Waals surface area contributed by atoms with Crippen LogP contribution in [0.1, 0.15) is 54.0 Å². The molecule has 0 radical (unpaired) electrons. The maximum absolute atomic E-state index is 12.5. The number of pyridine rings is 1. The van der Waals surface area contributed by atoms with E-state index < -0.39 is 9.84 Å². The zero-order valence-electron chi connectivity index (χ0n) is 16.5. The molecule has 1 aromatic carbocycles. The van der Waals surface area contributed by atoms with Gasteiger partial charge >= 0.3 is 0 Å². The van der Waals surface area contributed by atoms with Crippen LogP contribution < -0.4 is 10.6 Å². The number of rotatable bonds is 6. The van der Waals surface area contributed by atoms with Gasteiger partial charge in [0.15, 0.2) is 9.84 Å². The third-order valence-electron chi connectivity index (χ3n) is 5.10. The number of hydrogen-bond acceptors (Lipinski definition) is 5. The molecule has 1 amide bonds. The van der Waals surface area contributed by atoms with Gasteiger partial charge in [-0.2, -0.15) is 0 Å². The average Bonchev–Trinajstić information content (AvgIpc) is 2.71. The van der Waals surface area contributed by atoms with Crippen LogP contribution in [-0.2, 0) is 22.8 Å². The Labute approximate surface area is 166 Å². The molecule has 0 aliphatic carbocycles. The maximum Gasteiger partial charge on any atom is 0.253 e. The Kier molecular flexibility index (Phi) is 6.15. The lowest BCUT2D eigenvalue weighted by Crippen LogP contribution is -2.34. The number of fused-ring (bicyclic) bond motifs is 1. The van der Waals surface area contributed by atoms with Gasteiger partial charge in [-0.15, -0.1) is 0 Å². The molecule has 7 heteroatoms.